The average molecular weight is 430 g/mol. The van der Waals surface area contributed by atoms with Gasteiger partial charge >= 0.3 is 0 Å². The summed E-state index contributed by atoms with van der Waals surface area (Å²) in [6.45, 7) is 9.48. The molecule has 0 heterocycles. The second-order valence-corrected chi connectivity index (χ2v) is 9.31. The highest BCUT2D eigenvalue weighted by Gasteiger charge is 2.31. The van der Waals surface area contributed by atoms with Gasteiger partial charge in [0.2, 0.25) is 0 Å². The first kappa shape index (κ1) is 23.7. The van der Waals surface area contributed by atoms with Gasteiger partial charge in [-0.25, -0.2) is 5.43 Å². The molecule has 2 aromatic rings. The molecule has 2 unspecified atom stereocenters. The van der Waals surface area contributed by atoms with Crippen LogP contribution in [0.4, 0.5) is 0 Å². The SMILES string of the molecule is CC(C=NNC(=O)C(NCc1ccccc1)c1ccccc1)=CC1C(C)=CCCC1(C)C. The zero-order valence-electron chi connectivity index (χ0n) is 19.6. The summed E-state index contributed by atoms with van der Waals surface area (Å²) in [7, 11) is 0. The molecule has 4 heteroatoms. The van der Waals surface area contributed by atoms with Gasteiger partial charge in [0.05, 0.1) is 0 Å². The highest BCUT2D eigenvalue weighted by atomic mass is 16.2. The molecule has 3 rings (SSSR count). The summed E-state index contributed by atoms with van der Waals surface area (Å²) in [5, 5.41) is 7.62. The van der Waals surface area contributed by atoms with E-state index in [-0.39, 0.29) is 11.3 Å². The average Bonchev–Trinajstić information content (AvgIpc) is 2.78. The van der Waals surface area contributed by atoms with Gasteiger partial charge < -0.3 is 0 Å². The van der Waals surface area contributed by atoms with Crippen LogP contribution in [0.3, 0.4) is 0 Å². The predicted molar refractivity (Wildman–Crippen MR) is 133 cm³/mol. The first-order chi connectivity index (χ1) is 15.4. The van der Waals surface area contributed by atoms with Gasteiger partial charge in [0.15, 0.2) is 0 Å². The Labute approximate surface area is 192 Å². The highest BCUT2D eigenvalue weighted by molar-refractivity contribution is 5.85. The maximum Gasteiger partial charge on any atom is 0.261 e. The van der Waals surface area contributed by atoms with Crippen molar-refractivity contribution in [1.29, 1.82) is 0 Å². The molecule has 2 atom stereocenters. The predicted octanol–water partition coefficient (Wildman–Crippen LogP) is 5.95. The maximum atomic E-state index is 13.0. The van der Waals surface area contributed by atoms with Crippen molar-refractivity contribution >= 4 is 12.1 Å². The van der Waals surface area contributed by atoms with Crippen molar-refractivity contribution in [2.75, 3.05) is 0 Å². The molecule has 1 aliphatic carbocycles. The van der Waals surface area contributed by atoms with E-state index in [4.69, 9.17) is 0 Å². The number of benzene rings is 2. The fourth-order valence-electron chi connectivity index (χ4n) is 4.32. The van der Waals surface area contributed by atoms with Gasteiger partial charge in [0.25, 0.3) is 5.91 Å². The van der Waals surface area contributed by atoms with Gasteiger partial charge in [-0.15, -0.1) is 0 Å². The maximum absolute atomic E-state index is 13.0. The van der Waals surface area contributed by atoms with E-state index in [2.05, 4.69) is 48.8 Å². The van der Waals surface area contributed by atoms with Crippen molar-refractivity contribution in [2.24, 2.45) is 16.4 Å². The number of nitrogens with one attached hydrogen (secondary N) is 2. The summed E-state index contributed by atoms with van der Waals surface area (Å²) < 4.78 is 0. The lowest BCUT2D eigenvalue weighted by molar-refractivity contribution is -0.123. The van der Waals surface area contributed by atoms with E-state index in [1.165, 1.54) is 12.0 Å². The molecule has 0 aliphatic heterocycles. The van der Waals surface area contributed by atoms with Crippen LogP contribution < -0.4 is 10.7 Å². The Morgan fingerprint density at radius 1 is 1.12 bits per heavy atom. The number of carbonyl (C=O) groups is 1. The minimum absolute atomic E-state index is 0.176. The molecule has 32 heavy (non-hydrogen) atoms. The summed E-state index contributed by atoms with van der Waals surface area (Å²) in [5.74, 6) is 0.216. The Morgan fingerprint density at radius 3 is 2.44 bits per heavy atom. The topological polar surface area (TPSA) is 53.5 Å². The number of rotatable bonds is 8. The lowest BCUT2D eigenvalue weighted by Gasteiger charge is -2.37. The van der Waals surface area contributed by atoms with Crippen LogP contribution in [0.2, 0.25) is 0 Å². The van der Waals surface area contributed by atoms with Crippen LogP contribution in [0, 0.1) is 11.3 Å². The zero-order valence-corrected chi connectivity index (χ0v) is 19.6. The van der Waals surface area contributed by atoms with E-state index in [0.717, 1.165) is 23.1 Å². The number of allylic oxidation sites excluding steroid dienone is 4. The van der Waals surface area contributed by atoms with Crippen LogP contribution in [0.25, 0.3) is 0 Å². The molecule has 1 aliphatic rings. The molecular formula is C28H35N3O. The first-order valence-electron chi connectivity index (χ1n) is 11.4. The molecule has 0 spiro atoms. The molecule has 4 nitrogen and oxygen atoms in total. The fraction of sp³-hybridized carbons (Fsp3) is 0.357. The van der Waals surface area contributed by atoms with E-state index < -0.39 is 6.04 Å². The van der Waals surface area contributed by atoms with E-state index in [9.17, 15) is 4.79 Å². The summed E-state index contributed by atoms with van der Waals surface area (Å²) in [5.41, 5.74) is 7.46. The number of hydrogen-bond donors (Lipinski definition) is 2. The van der Waals surface area contributed by atoms with Gasteiger partial charge in [-0.05, 0) is 48.8 Å². The van der Waals surface area contributed by atoms with Crippen LogP contribution in [0.15, 0.2) is 89.1 Å². The quantitative estimate of drug-likeness (QED) is 0.310. The minimum Gasteiger partial charge on any atom is -0.298 e. The lowest BCUT2D eigenvalue weighted by atomic mass is 9.68. The monoisotopic (exact) mass is 429 g/mol. The summed E-state index contributed by atoms with van der Waals surface area (Å²) in [6.07, 6.45) is 8.67. The van der Waals surface area contributed by atoms with E-state index >= 15 is 0 Å². The Hall–Kier alpha value is -2.98. The molecule has 168 valence electrons. The van der Waals surface area contributed by atoms with E-state index in [1.54, 1.807) is 6.21 Å². The van der Waals surface area contributed by atoms with Gasteiger partial charge in [0.1, 0.15) is 6.04 Å². The smallest absolute Gasteiger partial charge is 0.261 e. The van der Waals surface area contributed by atoms with Crippen molar-refractivity contribution in [1.82, 2.24) is 10.7 Å². The van der Waals surface area contributed by atoms with Crippen molar-refractivity contribution in [3.05, 3.63) is 95.1 Å². The summed E-state index contributed by atoms with van der Waals surface area (Å²) in [6, 6.07) is 19.3. The Morgan fingerprint density at radius 2 is 1.78 bits per heavy atom. The normalized spacial score (nSPS) is 19.4. The highest BCUT2D eigenvalue weighted by Crippen LogP contribution is 2.41. The van der Waals surface area contributed by atoms with Crippen molar-refractivity contribution < 1.29 is 4.79 Å². The second-order valence-electron chi connectivity index (χ2n) is 9.31. The lowest BCUT2D eigenvalue weighted by Crippen LogP contribution is -2.35. The minimum atomic E-state index is -0.486. The number of amides is 1. The Kier molecular flexibility index (Phi) is 8.18. The van der Waals surface area contributed by atoms with Crippen LogP contribution >= 0.6 is 0 Å². The molecule has 0 radical (unpaired) electrons. The van der Waals surface area contributed by atoms with E-state index in [0.29, 0.717) is 12.5 Å². The van der Waals surface area contributed by atoms with Gasteiger partial charge in [0, 0.05) is 18.7 Å². The number of carbonyl (C=O) groups excluding carboxylic acids is 1. The first-order valence-corrected chi connectivity index (χ1v) is 11.4. The number of hydrazone groups is 1. The third-order valence-electron chi connectivity index (χ3n) is 6.21. The van der Waals surface area contributed by atoms with Crippen molar-refractivity contribution in [3.63, 3.8) is 0 Å². The molecule has 0 aromatic heterocycles. The summed E-state index contributed by atoms with van der Waals surface area (Å²) >= 11 is 0. The van der Waals surface area contributed by atoms with Crippen molar-refractivity contribution in [3.8, 4) is 0 Å². The Bertz CT molecular complexity index is 974. The standard InChI is InChI=1S/C28H35N3O/c1-21(18-25-22(2)12-11-17-28(25,3)4)19-30-31-27(32)26(24-15-9-6-10-16-24)29-20-23-13-7-5-8-14-23/h5-10,12-16,18-19,25-26,29H,11,17,20H2,1-4H3,(H,31,32). The third kappa shape index (κ3) is 6.51. The Balaban J connectivity index is 1.67. The second kappa shape index (κ2) is 11.1. The zero-order chi connectivity index (χ0) is 23.0. The molecule has 2 aromatic carbocycles. The molecule has 0 fully saturated rings. The molecule has 0 bridgehead atoms. The van der Waals surface area contributed by atoms with Crippen molar-refractivity contribution in [2.45, 2.75) is 53.1 Å². The van der Waals surface area contributed by atoms with E-state index in [1.807, 2.05) is 67.6 Å². The number of hydrogen-bond acceptors (Lipinski definition) is 3. The molecule has 0 saturated carbocycles. The largest absolute Gasteiger partial charge is 0.298 e. The van der Waals surface area contributed by atoms with Crippen LogP contribution in [0.1, 0.15) is 57.7 Å². The molecule has 1 amide bonds. The molecule has 2 N–H and O–H groups in total. The van der Waals surface area contributed by atoms with Crippen LogP contribution in [0.5, 0.6) is 0 Å². The van der Waals surface area contributed by atoms with Gasteiger partial charge in [-0.1, -0.05) is 92.2 Å². The summed E-state index contributed by atoms with van der Waals surface area (Å²) in [4.78, 5) is 13.0. The molecule has 0 saturated heterocycles. The fourth-order valence-corrected chi connectivity index (χ4v) is 4.32. The van der Waals surface area contributed by atoms with Gasteiger partial charge in [-0.3, -0.25) is 10.1 Å². The van der Waals surface area contributed by atoms with Crippen LogP contribution in [-0.2, 0) is 11.3 Å². The number of nitrogens with zero attached hydrogens (tertiary/aromatic N) is 1. The third-order valence-corrected chi connectivity index (χ3v) is 6.21. The van der Waals surface area contributed by atoms with Crippen LogP contribution in [-0.4, -0.2) is 12.1 Å². The molecular weight excluding hydrogens is 394 g/mol. The van der Waals surface area contributed by atoms with Gasteiger partial charge in [-0.2, -0.15) is 5.10 Å².